The van der Waals surface area contributed by atoms with E-state index in [9.17, 15) is 0 Å². The first-order valence-electron chi connectivity index (χ1n) is 7.66. The van der Waals surface area contributed by atoms with Crippen LogP contribution in [0.15, 0.2) is 48.5 Å². The predicted octanol–water partition coefficient (Wildman–Crippen LogP) is 5.52. The Morgan fingerprint density at radius 1 is 0.850 bits per heavy atom. The molecule has 0 unspecified atom stereocenters. The summed E-state index contributed by atoms with van der Waals surface area (Å²) in [5.41, 5.74) is 5.54. The molecule has 0 fully saturated rings. The van der Waals surface area contributed by atoms with Gasteiger partial charge in [-0.05, 0) is 42.9 Å². The molecule has 0 saturated heterocycles. The molecule has 0 atom stereocenters. The quantitative estimate of drug-likeness (QED) is 0.645. The van der Waals surface area contributed by atoms with E-state index in [1.54, 1.807) is 0 Å². The highest BCUT2D eigenvalue weighted by Crippen LogP contribution is 2.20. The molecule has 0 heterocycles. The van der Waals surface area contributed by atoms with Gasteiger partial charge < -0.3 is 0 Å². The van der Waals surface area contributed by atoms with Gasteiger partial charge in [-0.15, -0.1) is 0 Å². The molecule has 0 aromatic heterocycles. The SMILES string of the molecule is CCCCc1ccc([C](C)Cc2ccc(C)cc2)cc1. The van der Waals surface area contributed by atoms with E-state index in [1.165, 1.54) is 47.4 Å². The van der Waals surface area contributed by atoms with Crippen LogP contribution >= 0.6 is 0 Å². The molecular formula is C20H25. The van der Waals surface area contributed by atoms with Crippen molar-refractivity contribution in [2.24, 2.45) is 0 Å². The smallest absolute Gasteiger partial charge is 0.00624 e. The fourth-order valence-corrected chi connectivity index (χ4v) is 2.45. The van der Waals surface area contributed by atoms with E-state index in [0.29, 0.717) is 0 Å². The molecule has 2 aromatic carbocycles. The molecule has 20 heavy (non-hydrogen) atoms. The second kappa shape index (κ2) is 7.28. The van der Waals surface area contributed by atoms with Gasteiger partial charge in [-0.3, -0.25) is 0 Å². The van der Waals surface area contributed by atoms with Crippen LogP contribution < -0.4 is 0 Å². The van der Waals surface area contributed by atoms with Crippen LogP contribution in [0.2, 0.25) is 0 Å². The zero-order chi connectivity index (χ0) is 14.4. The summed E-state index contributed by atoms with van der Waals surface area (Å²) in [5.74, 6) is 1.44. The van der Waals surface area contributed by atoms with Crippen molar-refractivity contribution in [2.75, 3.05) is 0 Å². The van der Waals surface area contributed by atoms with Crippen LogP contribution in [-0.2, 0) is 12.8 Å². The van der Waals surface area contributed by atoms with Crippen molar-refractivity contribution < 1.29 is 0 Å². The van der Waals surface area contributed by atoms with Crippen LogP contribution in [-0.4, -0.2) is 0 Å². The summed E-state index contributed by atoms with van der Waals surface area (Å²) in [6.45, 7) is 6.62. The highest BCUT2D eigenvalue weighted by atomic mass is 14.1. The number of rotatable bonds is 6. The number of hydrogen-bond acceptors (Lipinski definition) is 0. The van der Waals surface area contributed by atoms with Crippen LogP contribution in [0.3, 0.4) is 0 Å². The molecule has 0 bridgehead atoms. The summed E-state index contributed by atoms with van der Waals surface area (Å²) >= 11 is 0. The van der Waals surface area contributed by atoms with E-state index >= 15 is 0 Å². The molecule has 0 aliphatic heterocycles. The fourth-order valence-electron chi connectivity index (χ4n) is 2.45. The van der Waals surface area contributed by atoms with Gasteiger partial charge in [0.1, 0.15) is 0 Å². The first-order valence-corrected chi connectivity index (χ1v) is 7.66. The molecule has 2 aromatic rings. The zero-order valence-corrected chi connectivity index (χ0v) is 12.9. The van der Waals surface area contributed by atoms with E-state index < -0.39 is 0 Å². The Balaban J connectivity index is 1.98. The molecule has 105 valence electrons. The minimum absolute atomic E-state index is 1.04. The Morgan fingerprint density at radius 3 is 2.05 bits per heavy atom. The molecule has 0 amide bonds. The van der Waals surface area contributed by atoms with E-state index in [-0.39, 0.29) is 0 Å². The summed E-state index contributed by atoms with van der Waals surface area (Å²) < 4.78 is 0. The maximum absolute atomic E-state index is 2.28. The Kier molecular flexibility index (Phi) is 5.40. The number of aryl methyl sites for hydroxylation is 2. The van der Waals surface area contributed by atoms with Crippen molar-refractivity contribution in [1.82, 2.24) is 0 Å². The van der Waals surface area contributed by atoms with Gasteiger partial charge in [0.05, 0.1) is 0 Å². The van der Waals surface area contributed by atoms with Crippen LogP contribution in [0.1, 0.15) is 48.9 Å². The maximum Gasteiger partial charge on any atom is 0.00624 e. The maximum atomic E-state index is 2.28. The van der Waals surface area contributed by atoms with E-state index in [1.807, 2.05) is 0 Å². The van der Waals surface area contributed by atoms with Gasteiger partial charge in [0.25, 0.3) is 0 Å². The molecule has 0 N–H and O–H groups in total. The summed E-state index contributed by atoms with van der Waals surface area (Å²) in [6.07, 6.45) is 4.79. The molecule has 0 heteroatoms. The van der Waals surface area contributed by atoms with Gasteiger partial charge in [-0.2, -0.15) is 0 Å². The Morgan fingerprint density at radius 2 is 1.45 bits per heavy atom. The highest BCUT2D eigenvalue weighted by molar-refractivity contribution is 5.36. The predicted molar refractivity (Wildman–Crippen MR) is 88.0 cm³/mol. The lowest BCUT2D eigenvalue weighted by atomic mass is 9.92. The lowest BCUT2D eigenvalue weighted by Gasteiger charge is -2.12. The second-order valence-electron chi connectivity index (χ2n) is 5.74. The normalized spacial score (nSPS) is 11.0. The van der Waals surface area contributed by atoms with Crippen LogP contribution in [0.25, 0.3) is 0 Å². The van der Waals surface area contributed by atoms with Gasteiger partial charge in [-0.1, -0.05) is 74.4 Å². The van der Waals surface area contributed by atoms with Gasteiger partial charge in [-0.25, -0.2) is 0 Å². The number of hydrogen-bond donors (Lipinski definition) is 0. The third-order valence-corrected chi connectivity index (χ3v) is 3.86. The first kappa shape index (κ1) is 14.8. The molecule has 2 rings (SSSR count). The number of unbranched alkanes of at least 4 members (excludes halogenated alkanes) is 1. The van der Waals surface area contributed by atoms with Gasteiger partial charge in [0, 0.05) is 5.92 Å². The lowest BCUT2D eigenvalue weighted by molar-refractivity contribution is 0.794. The summed E-state index contributed by atoms with van der Waals surface area (Å²) in [5, 5.41) is 0. The Bertz CT molecular complexity index is 505. The third-order valence-electron chi connectivity index (χ3n) is 3.86. The first-order chi connectivity index (χ1) is 9.69. The van der Waals surface area contributed by atoms with Crippen molar-refractivity contribution in [3.63, 3.8) is 0 Å². The molecular weight excluding hydrogens is 240 g/mol. The van der Waals surface area contributed by atoms with E-state index in [4.69, 9.17) is 0 Å². The summed E-state index contributed by atoms with van der Waals surface area (Å²) in [4.78, 5) is 0. The van der Waals surface area contributed by atoms with Gasteiger partial charge >= 0.3 is 0 Å². The average Bonchev–Trinajstić information content (AvgIpc) is 2.48. The Hall–Kier alpha value is -1.56. The topological polar surface area (TPSA) is 0 Å². The van der Waals surface area contributed by atoms with E-state index in [2.05, 4.69) is 69.3 Å². The van der Waals surface area contributed by atoms with Gasteiger partial charge in [0.2, 0.25) is 0 Å². The second-order valence-corrected chi connectivity index (χ2v) is 5.74. The summed E-state index contributed by atoms with van der Waals surface area (Å²) in [7, 11) is 0. The molecule has 0 spiro atoms. The van der Waals surface area contributed by atoms with Crippen molar-refractivity contribution in [3.05, 3.63) is 76.7 Å². The van der Waals surface area contributed by atoms with Crippen LogP contribution in [0, 0.1) is 12.8 Å². The van der Waals surface area contributed by atoms with Crippen LogP contribution in [0.5, 0.6) is 0 Å². The average molecular weight is 265 g/mol. The lowest BCUT2D eigenvalue weighted by Crippen LogP contribution is -2.00. The van der Waals surface area contributed by atoms with Gasteiger partial charge in [0.15, 0.2) is 0 Å². The number of benzene rings is 2. The molecule has 0 saturated carbocycles. The van der Waals surface area contributed by atoms with Crippen molar-refractivity contribution in [1.29, 1.82) is 0 Å². The van der Waals surface area contributed by atoms with Crippen LogP contribution in [0.4, 0.5) is 0 Å². The minimum atomic E-state index is 1.04. The van der Waals surface area contributed by atoms with Crippen molar-refractivity contribution >= 4 is 0 Å². The van der Waals surface area contributed by atoms with Crippen molar-refractivity contribution in [2.45, 2.75) is 46.5 Å². The monoisotopic (exact) mass is 265 g/mol. The minimum Gasteiger partial charge on any atom is -0.0654 e. The van der Waals surface area contributed by atoms with E-state index in [0.717, 1.165) is 6.42 Å². The standard InChI is InChI=1S/C20H25/c1-4-5-6-18-11-13-20(14-12-18)17(3)15-19-9-7-16(2)8-10-19/h7-14H,4-6,15H2,1-3H3. The molecule has 1 radical (unpaired) electrons. The van der Waals surface area contributed by atoms with Crippen molar-refractivity contribution in [3.8, 4) is 0 Å². The molecule has 0 nitrogen and oxygen atoms in total. The Labute approximate surface area is 123 Å². The zero-order valence-electron chi connectivity index (χ0n) is 12.9. The third kappa shape index (κ3) is 4.23. The highest BCUT2D eigenvalue weighted by Gasteiger charge is 2.07. The summed E-state index contributed by atoms with van der Waals surface area (Å²) in [6, 6.07) is 18.0. The molecule has 0 aliphatic rings. The largest absolute Gasteiger partial charge is 0.0654 e. The fraction of sp³-hybridized carbons (Fsp3) is 0.350. The molecule has 0 aliphatic carbocycles.